The SMILES string of the molecule is Cc1csc(-c2cccc(S(=O)(=O)NCC3(C)CCNCC3)c2)n1. The molecule has 5 nitrogen and oxygen atoms in total. The number of sulfonamides is 1. The van der Waals surface area contributed by atoms with Crippen molar-refractivity contribution in [2.75, 3.05) is 19.6 Å². The van der Waals surface area contributed by atoms with Crippen LogP contribution in [-0.2, 0) is 10.0 Å². The van der Waals surface area contributed by atoms with Gasteiger partial charge in [0.2, 0.25) is 10.0 Å². The highest BCUT2D eigenvalue weighted by Gasteiger charge is 2.28. The molecule has 0 amide bonds. The number of nitrogens with one attached hydrogen (secondary N) is 2. The van der Waals surface area contributed by atoms with Crippen LogP contribution in [0.2, 0.25) is 0 Å². The molecule has 2 N–H and O–H groups in total. The molecule has 1 aliphatic rings. The number of hydrogen-bond donors (Lipinski definition) is 2. The molecule has 0 unspecified atom stereocenters. The summed E-state index contributed by atoms with van der Waals surface area (Å²) in [4.78, 5) is 4.73. The fourth-order valence-electron chi connectivity index (χ4n) is 2.84. The first-order valence-electron chi connectivity index (χ1n) is 8.11. The van der Waals surface area contributed by atoms with Crippen LogP contribution < -0.4 is 10.0 Å². The normalized spacial score (nSPS) is 17.8. The van der Waals surface area contributed by atoms with Crippen LogP contribution in [0.1, 0.15) is 25.5 Å². The molecule has 0 spiro atoms. The van der Waals surface area contributed by atoms with Gasteiger partial charge in [0.1, 0.15) is 5.01 Å². The van der Waals surface area contributed by atoms with Crippen molar-refractivity contribution in [3.8, 4) is 10.6 Å². The molecule has 0 aliphatic carbocycles. The molecule has 1 aromatic heterocycles. The second-order valence-electron chi connectivity index (χ2n) is 6.71. The molecule has 7 heteroatoms. The van der Waals surface area contributed by atoms with Gasteiger partial charge in [-0.25, -0.2) is 18.1 Å². The lowest BCUT2D eigenvalue weighted by molar-refractivity contribution is 0.232. The van der Waals surface area contributed by atoms with Crippen molar-refractivity contribution in [1.29, 1.82) is 0 Å². The van der Waals surface area contributed by atoms with E-state index >= 15 is 0 Å². The third kappa shape index (κ3) is 4.03. The average molecular weight is 366 g/mol. The minimum atomic E-state index is -3.52. The molecule has 3 rings (SSSR count). The minimum Gasteiger partial charge on any atom is -0.317 e. The van der Waals surface area contributed by atoms with Crippen molar-refractivity contribution in [2.45, 2.75) is 31.6 Å². The van der Waals surface area contributed by atoms with E-state index in [0.717, 1.165) is 42.2 Å². The molecule has 1 fully saturated rings. The van der Waals surface area contributed by atoms with Crippen LogP contribution in [0.4, 0.5) is 0 Å². The van der Waals surface area contributed by atoms with Crippen molar-refractivity contribution in [3.63, 3.8) is 0 Å². The van der Waals surface area contributed by atoms with Crippen LogP contribution in [0.25, 0.3) is 10.6 Å². The van der Waals surface area contributed by atoms with Gasteiger partial charge in [0.15, 0.2) is 0 Å². The van der Waals surface area contributed by atoms with Crippen molar-refractivity contribution < 1.29 is 8.42 Å². The van der Waals surface area contributed by atoms with Gasteiger partial charge in [0.05, 0.1) is 4.90 Å². The topological polar surface area (TPSA) is 71.1 Å². The van der Waals surface area contributed by atoms with Gasteiger partial charge in [-0.3, -0.25) is 0 Å². The van der Waals surface area contributed by atoms with E-state index in [0.29, 0.717) is 11.4 Å². The maximum absolute atomic E-state index is 12.7. The summed E-state index contributed by atoms with van der Waals surface area (Å²) in [5, 5.41) is 6.12. The third-order valence-electron chi connectivity index (χ3n) is 4.51. The zero-order chi connectivity index (χ0) is 17.2. The first kappa shape index (κ1) is 17.5. The summed E-state index contributed by atoms with van der Waals surface area (Å²) in [5.74, 6) is 0. The first-order chi connectivity index (χ1) is 11.4. The summed E-state index contributed by atoms with van der Waals surface area (Å²) >= 11 is 1.52. The lowest BCUT2D eigenvalue weighted by atomic mass is 9.81. The Morgan fingerprint density at radius 2 is 2.08 bits per heavy atom. The molecular weight excluding hydrogens is 342 g/mol. The predicted octanol–water partition coefficient (Wildman–Crippen LogP) is 2.79. The molecule has 2 aromatic rings. The molecule has 1 saturated heterocycles. The lowest BCUT2D eigenvalue weighted by Gasteiger charge is -2.34. The Bertz CT molecular complexity index is 809. The van der Waals surface area contributed by atoms with Gasteiger partial charge in [-0.15, -0.1) is 11.3 Å². The van der Waals surface area contributed by atoms with Crippen LogP contribution in [-0.4, -0.2) is 33.0 Å². The van der Waals surface area contributed by atoms with Crippen LogP contribution in [0.3, 0.4) is 0 Å². The Labute approximate surface area is 147 Å². The molecule has 1 aliphatic heterocycles. The number of aryl methyl sites for hydroxylation is 1. The van der Waals surface area contributed by atoms with Crippen molar-refractivity contribution in [1.82, 2.24) is 15.0 Å². The fraction of sp³-hybridized carbons (Fsp3) is 0.471. The van der Waals surface area contributed by atoms with Gasteiger partial charge in [-0.2, -0.15) is 0 Å². The van der Waals surface area contributed by atoms with E-state index < -0.39 is 10.0 Å². The highest BCUT2D eigenvalue weighted by molar-refractivity contribution is 7.89. The second kappa shape index (κ2) is 6.92. The van der Waals surface area contributed by atoms with Crippen LogP contribution in [0, 0.1) is 12.3 Å². The molecule has 1 aromatic carbocycles. The summed E-state index contributed by atoms with van der Waals surface area (Å²) in [6.07, 6.45) is 1.96. The molecule has 130 valence electrons. The number of hydrogen-bond acceptors (Lipinski definition) is 5. The van der Waals surface area contributed by atoms with Gasteiger partial charge in [0.25, 0.3) is 0 Å². The highest BCUT2D eigenvalue weighted by atomic mass is 32.2. The van der Waals surface area contributed by atoms with Gasteiger partial charge in [0, 0.05) is 23.2 Å². The maximum Gasteiger partial charge on any atom is 0.240 e. The molecule has 0 atom stereocenters. The Hall–Kier alpha value is -1.28. The third-order valence-corrected chi connectivity index (χ3v) is 6.92. The quantitative estimate of drug-likeness (QED) is 0.855. The van der Waals surface area contributed by atoms with Crippen molar-refractivity contribution in [3.05, 3.63) is 35.3 Å². The fourth-order valence-corrected chi connectivity index (χ4v) is 4.88. The zero-order valence-electron chi connectivity index (χ0n) is 14.0. The number of rotatable bonds is 5. The lowest BCUT2D eigenvalue weighted by Crippen LogP contribution is -2.42. The van der Waals surface area contributed by atoms with Crippen LogP contribution in [0.5, 0.6) is 0 Å². The largest absolute Gasteiger partial charge is 0.317 e. The number of piperidine rings is 1. The van der Waals surface area contributed by atoms with E-state index in [1.165, 1.54) is 11.3 Å². The van der Waals surface area contributed by atoms with E-state index in [9.17, 15) is 8.42 Å². The minimum absolute atomic E-state index is 0.0162. The van der Waals surface area contributed by atoms with Crippen LogP contribution >= 0.6 is 11.3 Å². The van der Waals surface area contributed by atoms with Gasteiger partial charge in [-0.05, 0) is 50.4 Å². The highest BCUT2D eigenvalue weighted by Crippen LogP contribution is 2.28. The molecule has 24 heavy (non-hydrogen) atoms. The average Bonchev–Trinajstić information content (AvgIpc) is 3.01. The Kier molecular flexibility index (Phi) is 5.05. The Morgan fingerprint density at radius 1 is 1.33 bits per heavy atom. The number of benzene rings is 1. The summed E-state index contributed by atoms with van der Waals surface area (Å²) in [6.45, 7) is 6.43. The summed E-state index contributed by atoms with van der Waals surface area (Å²) < 4.78 is 28.1. The van der Waals surface area contributed by atoms with Crippen molar-refractivity contribution >= 4 is 21.4 Å². The van der Waals surface area contributed by atoms with E-state index in [1.54, 1.807) is 18.2 Å². The number of thiazole rings is 1. The van der Waals surface area contributed by atoms with E-state index in [4.69, 9.17) is 0 Å². The molecule has 2 heterocycles. The van der Waals surface area contributed by atoms with Gasteiger partial charge < -0.3 is 5.32 Å². The standard InChI is InChI=1S/C17H23N3O2S2/c1-13-11-23-16(20-13)14-4-3-5-15(10-14)24(21,22)19-12-17(2)6-8-18-9-7-17/h3-5,10-11,18-19H,6-9,12H2,1-2H3. The Balaban J connectivity index is 1.77. The summed E-state index contributed by atoms with van der Waals surface area (Å²) in [5.41, 5.74) is 1.80. The molecule has 0 saturated carbocycles. The smallest absolute Gasteiger partial charge is 0.240 e. The van der Waals surface area contributed by atoms with Gasteiger partial charge >= 0.3 is 0 Å². The van der Waals surface area contributed by atoms with E-state index in [1.807, 2.05) is 18.4 Å². The van der Waals surface area contributed by atoms with E-state index in [-0.39, 0.29) is 5.41 Å². The van der Waals surface area contributed by atoms with Crippen molar-refractivity contribution in [2.24, 2.45) is 5.41 Å². The molecule has 0 bridgehead atoms. The van der Waals surface area contributed by atoms with E-state index in [2.05, 4.69) is 21.9 Å². The van der Waals surface area contributed by atoms with Crippen LogP contribution in [0.15, 0.2) is 34.5 Å². The Morgan fingerprint density at radius 3 is 2.75 bits per heavy atom. The maximum atomic E-state index is 12.7. The zero-order valence-corrected chi connectivity index (χ0v) is 15.6. The monoisotopic (exact) mass is 365 g/mol. The summed E-state index contributed by atoms with van der Waals surface area (Å²) in [6, 6.07) is 7.00. The predicted molar refractivity (Wildman–Crippen MR) is 97.7 cm³/mol. The number of aromatic nitrogens is 1. The first-order valence-corrected chi connectivity index (χ1v) is 10.5. The molecular formula is C17H23N3O2S2. The molecule has 0 radical (unpaired) electrons. The summed E-state index contributed by atoms with van der Waals surface area (Å²) in [7, 11) is -3.52. The second-order valence-corrected chi connectivity index (χ2v) is 9.33. The number of nitrogens with zero attached hydrogens (tertiary/aromatic N) is 1. The van der Waals surface area contributed by atoms with Gasteiger partial charge in [-0.1, -0.05) is 19.1 Å².